The molecule has 102 valence electrons. The number of nitrogens with zero attached hydrogens (tertiary/aromatic N) is 3. The summed E-state index contributed by atoms with van der Waals surface area (Å²) in [6.45, 7) is 4.34. The van der Waals surface area contributed by atoms with Crippen LogP contribution in [0.15, 0.2) is 30.3 Å². The van der Waals surface area contributed by atoms with Crippen molar-refractivity contribution in [2.45, 2.75) is 32.7 Å². The van der Waals surface area contributed by atoms with Crippen molar-refractivity contribution >= 4 is 0 Å². The van der Waals surface area contributed by atoms with Crippen molar-refractivity contribution in [3.63, 3.8) is 0 Å². The van der Waals surface area contributed by atoms with Crippen LogP contribution in [0.2, 0.25) is 0 Å². The summed E-state index contributed by atoms with van der Waals surface area (Å²) in [6.07, 6.45) is 1.63. The summed E-state index contributed by atoms with van der Waals surface area (Å²) in [5.41, 5.74) is 7.36. The molecule has 1 atom stereocenters. The fourth-order valence-electron chi connectivity index (χ4n) is 2.12. The highest BCUT2D eigenvalue weighted by molar-refractivity contribution is 5.19. The summed E-state index contributed by atoms with van der Waals surface area (Å²) in [5, 5.41) is 4.45. The van der Waals surface area contributed by atoms with Gasteiger partial charge in [0.25, 0.3) is 0 Å². The van der Waals surface area contributed by atoms with Crippen LogP contribution in [0.4, 0.5) is 0 Å². The lowest BCUT2D eigenvalue weighted by molar-refractivity contribution is 0.608. The van der Waals surface area contributed by atoms with Gasteiger partial charge in [-0.2, -0.15) is 5.10 Å². The van der Waals surface area contributed by atoms with Gasteiger partial charge in [0.15, 0.2) is 5.82 Å². The Morgan fingerprint density at radius 3 is 2.47 bits per heavy atom. The van der Waals surface area contributed by atoms with E-state index in [0.717, 1.165) is 23.6 Å². The summed E-state index contributed by atoms with van der Waals surface area (Å²) in [5.74, 6) is 2.43. The first-order valence-electron chi connectivity index (χ1n) is 6.75. The maximum Gasteiger partial charge on any atom is 0.151 e. The zero-order chi connectivity index (χ0) is 13.8. The first kappa shape index (κ1) is 13.7. The van der Waals surface area contributed by atoms with Gasteiger partial charge in [0, 0.05) is 25.9 Å². The highest BCUT2D eigenvalue weighted by Crippen LogP contribution is 2.15. The fraction of sp³-hybridized carbons (Fsp3) is 0.467. The molecule has 0 saturated heterocycles. The molecule has 0 radical (unpaired) electrons. The predicted molar refractivity (Wildman–Crippen MR) is 76.6 cm³/mol. The normalized spacial score (nSPS) is 12.9. The van der Waals surface area contributed by atoms with Gasteiger partial charge in [0.1, 0.15) is 5.82 Å². The Balaban J connectivity index is 2.09. The zero-order valence-corrected chi connectivity index (χ0v) is 11.9. The molecule has 4 heteroatoms. The van der Waals surface area contributed by atoms with E-state index >= 15 is 0 Å². The van der Waals surface area contributed by atoms with E-state index in [1.165, 1.54) is 0 Å². The first-order valence-corrected chi connectivity index (χ1v) is 6.75. The van der Waals surface area contributed by atoms with Gasteiger partial charge in [-0.15, -0.1) is 0 Å². The minimum Gasteiger partial charge on any atom is -0.324 e. The van der Waals surface area contributed by atoms with E-state index in [-0.39, 0.29) is 6.04 Å². The van der Waals surface area contributed by atoms with Gasteiger partial charge in [-0.1, -0.05) is 44.2 Å². The predicted octanol–water partition coefficient (Wildman–Crippen LogP) is 2.26. The number of hydrogen-bond acceptors (Lipinski definition) is 3. The molecular formula is C15H22N4. The van der Waals surface area contributed by atoms with E-state index in [0.29, 0.717) is 12.3 Å². The third-order valence-electron chi connectivity index (χ3n) is 3.12. The van der Waals surface area contributed by atoms with E-state index in [4.69, 9.17) is 5.73 Å². The molecule has 2 aromatic rings. The van der Waals surface area contributed by atoms with Crippen LogP contribution < -0.4 is 5.73 Å². The SMILES string of the molecule is CC(C)Cc1nc(CC(N)c2ccccc2)n(C)n1. The second-order valence-corrected chi connectivity index (χ2v) is 5.39. The van der Waals surface area contributed by atoms with E-state index in [2.05, 4.69) is 36.1 Å². The lowest BCUT2D eigenvalue weighted by Crippen LogP contribution is -2.15. The van der Waals surface area contributed by atoms with Gasteiger partial charge in [-0.3, -0.25) is 4.68 Å². The molecule has 1 aromatic heterocycles. The van der Waals surface area contributed by atoms with Crippen LogP contribution in [-0.4, -0.2) is 14.8 Å². The Labute approximate surface area is 114 Å². The Morgan fingerprint density at radius 2 is 1.84 bits per heavy atom. The second-order valence-electron chi connectivity index (χ2n) is 5.39. The van der Waals surface area contributed by atoms with Crippen molar-refractivity contribution in [1.29, 1.82) is 0 Å². The van der Waals surface area contributed by atoms with Crippen molar-refractivity contribution in [2.75, 3.05) is 0 Å². The molecule has 0 aliphatic rings. The van der Waals surface area contributed by atoms with E-state index < -0.39 is 0 Å². The largest absolute Gasteiger partial charge is 0.324 e. The van der Waals surface area contributed by atoms with Crippen LogP contribution >= 0.6 is 0 Å². The highest BCUT2D eigenvalue weighted by Gasteiger charge is 2.13. The fourth-order valence-corrected chi connectivity index (χ4v) is 2.12. The van der Waals surface area contributed by atoms with Gasteiger partial charge in [-0.25, -0.2) is 4.98 Å². The minimum atomic E-state index is -0.0315. The second kappa shape index (κ2) is 5.97. The van der Waals surface area contributed by atoms with Crippen molar-refractivity contribution in [3.8, 4) is 0 Å². The maximum atomic E-state index is 6.23. The van der Waals surface area contributed by atoms with Crippen molar-refractivity contribution in [2.24, 2.45) is 18.7 Å². The van der Waals surface area contributed by atoms with Crippen LogP contribution in [0.5, 0.6) is 0 Å². The molecule has 0 bridgehead atoms. The number of aryl methyl sites for hydroxylation is 1. The molecule has 1 unspecified atom stereocenters. The summed E-state index contributed by atoms with van der Waals surface area (Å²) in [4.78, 5) is 4.59. The number of aromatic nitrogens is 3. The summed E-state index contributed by atoms with van der Waals surface area (Å²) >= 11 is 0. The van der Waals surface area contributed by atoms with E-state index in [1.54, 1.807) is 0 Å². The third kappa shape index (κ3) is 3.64. The number of rotatable bonds is 5. The average molecular weight is 258 g/mol. The van der Waals surface area contributed by atoms with Crippen LogP contribution in [0.25, 0.3) is 0 Å². The number of benzene rings is 1. The first-order chi connectivity index (χ1) is 9.06. The topological polar surface area (TPSA) is 56.7 Å². The zero-order valence-electron chi connectivity index (χ0n) is 11.9. The standard InChI is InChI=1S/C15H22N4/c1-11(2)9-14-17-15(19(3)18-14)10-13(16)12-7-5-4-6-8-12/h4-8,11,13H,9-10,16H2,1-3H3. The van der Waals surface area contributed by atoms with Gasteiger partial charge in [0.05, 0.1) is 0 Å². The van der Waals surface area contributed by atoms with Crippen LogP contribution in [0.1, 0.15) is 37.1 Å². The molecule has 0 saturated carbocycles. The van der Waals surface area contributed by atoms with Crippen molar-refractivity contribution in [3.05, 3.63) is 47.5 Å². The lowest BCUT2D eigenvalue weighted by atomic mass is 10.0. The van der Waals surface area contributed by atoms with Crippen LogP contribution in [0, 0.1) is 5.92 Å². The maximum absolute atomic E-state index is 6.23. The molecule has 1 aromatic carbocycles. The molecule has 1 heterocycles. The summed E-state index contributed by atoms with van der Waals surface area (Å²) < 4.78 is 1.85. The van der Waals surface area contributed by atoms with Crippen LogP contribution in [0.3, 0.4) is 0 Å². The van der Waals surface area contributed by atoms with Gasteiger partial charge in [0.2, 0.25) is 0 Å². The van der Waals surface area contributed by atoms with E-state index in [9.17, 15) is 0 Å². The van der Waals surface area contributed by atoms with Crippen LogP contribution in [-0.2, 0) is 19.9 Å². The Morgan fingerprint density at radius 1 is 1.16 bits per heavy atom. The highest BCUT2D eigenvalue weighted by atomic mass is 15.3. The molecule has 0 aliphatic carbocycles. The molecule has 0 fully saturated rings. The average Bonchev–Trinajstić information content (AvgIpc) is 2.69. The molecule has 19 heavy (non-hydrogen) atoms. The van der Waals surface area contributed by atoms with Gasteiger partial charge >= 0.3 is 0 Å². The molecule has 0 amide bonds. The molecule has 0 spiro atoms. The quantitative estimate of drug-likeness (QED) is 0.895. The number of nitrogens with two attached hydrogens (primary N) is 1. The minimum absolute atomic E-state index is 0.0315. The Hall–Kier alpha value is -1.68. The smallest absolute Gasteiger partial charge is 0.151 e. The van der Waals surface area contributed by atoms with Gasteiger partial charge < -0.3 is 5.73 Å². The third-order valence-corrected chi connectivity index (χ3v) is 3.12. The monoisotopic (exact) mass is 258 g/mol. The molecular weight excluding hydrogens is 236 g/mol. The summed E-state index contributed by atoms with van der Waals surface area (Å²) in [7, 11) is 1.93. The Bertz CT molecular complexity index is 516. The summed E-state index contributed by atoms with van der Waals surface area (Å²) in [6, 6.07) is 10.1. The Kier molecular flexibility index (Phi) is 4.32. The van der Waals surface area contributed by atoms with E-state index in [1.807, 2.05) is 29.9 Å². The van der Waals surface area contributed by atoms with Crippen molar-refractivity contribution in [1.82, 2.24) is 14.8 Å². The number of hydrogen-bond donors (Lipinski definition) is 1. The molecule has 4 nitrogen and oxygen atoms in total. The van der Waals surface area contributed by atoms with Crippen molar-refractivity contribution < 1.29 is 0 Å². The molecule has 0 aliphatic heterocycles. The molecule has 2 N–H and O–H groups in total. The molecule has 2 rings (SSSR count). The van der Waals surface area contributed by atoms with Gasteiger partial charge in [-0.05, 0) is 11.5 Å². The lowest BCUT2D eigenvalue weighted by Gasteiger charge is -2.10.